The smallest absolute Gasteiger partial charge is 0.339 e. The van der Waals surface area contributed by atoms with Crippen molar-refractivity contribution in [3.8, 4) is 0 Å². The third-order valence-electron chi connectivity index (χ3n) is 5.69. The number of carbonyl (C=O) groups excluding carboxylic acids is 2. The lowest BCUT2D eigenvalue weighted by Crippen LogP contribution is -2.17. The van der Waals surface area contributed by atoms with Gasteiger partial charge in [-0.1, -0.05) is 12.1 Å². The summed E-state index contributed by atoms with van der Waals surface area (Å²) >= 11 is 0. The van der Waals surface area contributed by atoms with E-state index in [1.807, 2.05) is 26.8 Å². The van der Waals surface area contributed by atoms with Crippen molar-refractivity contribution in [2.24, 2.45) is 0 Å². The number of nitrogens with one attached hydrogen (secondary N) is 1. The highest BCUT2D eigenvalue weighted by Crippen LogP contribution is 2.32. The lowest BCUT2D eigenvalue weighted by atomic mass is 9.98. The molecule has 0 saturated heterocycles. The number of benzene rings is 2. The van der Waals surface area contributed by atoms with E-state index in [1.165, 1.54) is 6.92 Å². The number of Topliss-reactive ketones (excluding diaryl/α,β-unsaturated/α-hetero) is 1. The molecule has 4 aromatic rings. The van der Waals surface area contributed by atoms with E-state index in [-0.39, 0.29) is 24.5 Å². The molecule has 0 aliphatic rings. The van der Waals surface area contributed by atoms with E-state index >= 15 is 0 Å². The highest BCUT2D eigenvalue weighted by molar-refractivity contribution is 6.00. The monoisotopic (exact) mass is 417 g/mol. The maximum Gasteiger partial charge on any atom is 0.339 e. The Morgan fingerprint density at radius 1 is 1.00 bits per heavy atom. The molecular weight excluding hydrogens is 394 g/mol. The predicted molar refractivity (Wildman–Crippen MR) is 120 cm³/mol. The summed E-state index contributed by atoms with van der Waals surface area (Å²) in [6, 6.07) is 8.75. The second-order valence-electron chi connectivity index (χ2n) is 7.85. The first kappa shape index (κ1) is 20.6. The Bertz CT molecular complexity index is 1410. The number of ketones is 1. The fourth-order valence-corrected chi connectivity index (χ4v) is 3.89. The maximum absolute atomic E-state index is 12.7. The van der Waals surface area contributed by atoms with Gasteiger partial charge in [-0.25, -0.2) is 4.79 Å². The highest BCUT2D eigenvalue weighted by atomic mass is 16.4. The van der Waals surface area contributed by atoms with E-state index in [0.29, 0.717) is 28.0 Å². The first-order valence-corrected chi connectivity index (χ1v) is 10.1. The number of aryl methyl sites for hydroxylation is 3. The molecule has 0 aliphatic heterocycles. The zero-order valence-corrected chi connectivity index (χ0v) is 17.9. The van der Waals surface area contributed by atoms with Gasteiger partial charge in [0, 0.05) is 39.6 Å². The van der Waals surface area contributed by atoms with Crippen LogP contribution in [0, 0.1) is 20.8 Å². The summed E-state index contributed by atoms with van der Waals surface area (Å²) < 4.78 is 11.2. The molecule has 0 radical (unpaired) electrons. The molecule has 1 amide bonds. The Morgan fingerprint density at radius 2 is 1.77 bits per heavy atom. The van der Waals surface area contributed by atoms with Gasteiger partial charge in [0.1, 0.15) is 11.2 Å². The van der Waals surface area contributed by atoms with Crippen molar-refractivity contribution >= 4 is 39.3 Å². The molecule has 0 atom stereocenters. The van der Waals surface area contributed by atoms with Crippen molar-refractivity contribution in [2.45, 2.75) is 40.5 Å². The second-order valence-corrected chi connectivity index (χ2v) is 7.85. The van der Waals surface area contributed by atoms with Gasteiger partial charge in [0.2, 0.25) is 5.91 Å². The molecule has 0 spiro atoms. The van der Waals surface area contributed by atoms with E-state index in [4.69, 9.17) is 8.83 Å². The number of amides is 1. The molecule has 2 heterocycles. The van der Waals surface area contributed by atoms with Crippen LogP contribution in [0.25, 0.3) is 21.9 Å². The van der Waals surface area contributed by atoms with Gasteiger partial charge in [-0.3, -0.25) is 9.59 Å². The van der Waals surface area contributed by atoms with Gasteiger partial charge in [0.05, 0.1) is 6.26 Å². The van der Waals surface area contributed by atoms with Crippen LogP contribution in [0.5, 0.6) is 0 Å². The van der Waals surface area contributed by atoms with E-state index < -0.39 is 5.63 Å². The molecule has 2 aromatic heterocycles. The molecule has 6 nitrogen and oxygen atoms in total. The van der Waals surface area contributed by atoms with E-state index in [2.05, 4.69) is 5.32 Å². The minimum absolute atomic E-state index is 0.0715. The first-order chi connectivity index (χ1) is 14.8. The molecule has 6 heteroatoms. The topological polar surface area (TPSA) is 89.5 Å². The van der Waals surface area contributed by atoms with Crippen LogP contribution in [0.1, 0.15) is 46.0 Å². The van der Waals surface area contributed by atoms with E-state index in [1.54, 1.807) is 30.5 Å². The zero-order chi connectivity index (χ0) is 22.3. The number of hydrogen-bond donors (Lipinski definition) is 1. The number of fused-ring (bicyclic) bond motifs is 2. The van der Waals surface area contributed by atoms with Gasteiger partial charge >= 0.3 is 5.63 Å². The summed E-state index contributed by atoms with van der Waals surface area (Å²) in [6.07, 6.45) is 2.06. The summed E-state index contributed by atoms with van der Waals surface area (Å²) in [5, 5.41) is 4.61. The maximum atomic E-state index is 12.7. The third-order valence-corrected chi connectivity index (χ3v) is 5.69. The minimum Gasteiger partial charge on any atom is -0.464 e. The fraction of sp³-hybridized carbons (Fsp3) is 0.240. The second kappa shape index (κ2) is 7.87. The molecule has 0 unspecified atom stereocenters. The Kier molecular flexibility index (Phi) is 5.23. The number of carbonyl (C=O) groups is 2. The SMILES string of the molecule is CC(=O)c1cccc(NC(=O)CCc2c(C)c3cc4c(C)coc4c(C)c3oc2=O)c1. The van der Waals surface area contributed by atoms with Crippen LogP contribution in [0.2, 0.25) is 0 Å². The number of anilines is 1. The Labute approximate surface area is 178 Å². The molecule has 158 valence electrons. The van der Waals surface area contributed by atoms with Crippen molar-refractivity contribution in [3.05, 3.63) is 74.8 Å². The summed E-state index contributed by atoms with van der Waals surface area (Å²) in [5.41, 5.74) is 4.96. The van der Waals surface area contributed by atoms with Crippen LogP contribution in [0.4, 0.5) is 5.69 Å². The van der Waals surface area contributed by atoms with E-state index in [9.17, 15) is 14.4 Å². The van der Waals surface area contributed by atoms with Crippen LogP contribution >= 0.6 is 0 Å². The quantitative estimate of drug-likeness (QED) is 0.354. The first-order valence-electron chi connectivity index (χ1n) is 10.1. The van der Waals surface area contributed by atoms with Crippen LogP contribution in [0.3, 0.4) is 0 Å². The Hall–Kier alpha value is -3.67. The average Bonchev–Trinajstić information content (AvgIpc) is 3.10. The van der Waals surface area contributed by atoms with Crippen molar-refractivity contribution in [1.82, 2.24) is 0 Å². The van der Waals surface area contributed by atoms with E-state index in [0.717, 1.165) is 27.5 Å². The lowest BCUT2D eigenvalue weighted by molar-refractivity contribution is -0.116. The van der Waals surface area contributed by atoms with Gasteiger partial charge in [-0.15, -0.1) is 0 Å². The molecular formula is C25H23NO5. The Morgan fingerprint density at radius 3 is 2.52 bits per heavy atom. The largest absolute Gasteiger partial charge is 0.464 e. The van der Waals surface area contributed by atoms with Crippen LogP contribution in [-0.4, -0.2) is 11.7 Å². The van der Waals surface area contributed by atoms with Crippen molar-refractivity contribution in [3.63, 3.8) is 0 Å². The molecule has 4 rings (SSSR count). The van der Waals surface area contributed by atoms with Gasteiger partial charge in [-0.05, 0) is 63.4 Å². The van der Waals surface area contributed by atoms with Gasteiger partial charge < -0.3 is 14.2 Å². The number of rotatable bonds is 5. The van der Waals surface area contributed by atoms with Crippen molar-refractivity contribution < 1.29 is 18.4 Å². The standard InChI is InChI=1S/C25H23NO5/c1-13-12-30-23-15(3)24-21(11-20(13)23)14(2)19(25(29)31-24)8-9-22(28)26-18-7-5-6-17(10-18)16(4)27/h5-7,10-12H,8-9H2,1-4H3,(H,26,28). The average molecular weight is 417 g/mol. The summed E-state index contributed by atoms with van der Waals surface area (Å²) in [4.78, 5) is 36.6. The lowest BCUT2D eigenvalue weighted by Gasteiger charge is -2.10. The molecule has 0 bridgehead atoms. The molecule has 2 aromatic carbocycles. The molecule has 0 saturated carbocycles. The van der Waals surface area contributed by atoms with Gasteiger partial charge in [-0.2, -0.15) is 0 Å². The fourth-order valence-electron chi connectivity index (χ4n) is 3.89. The zero-order valence-electron chi connectivity index (χ0n) is 17.9. The third kappa shape index (κ3) is 3.77. The normalized spacial score (nSPS) is 11.2. The van der Waals surface area contributed by atoms with Crippen molar-refractivity contribution in [1.29, 1.82) is 0 Å². The summed E-state index contributed by atoms with van der Waals surface area (Å²) in [5.74, 6) is -0.310. The van der Waals surface area contributed by atoms with Crippen LogP contribution < -0.4 is 10.9 Å². The van der Waals surface area contributed by atoms with Gasteiger partial charge in [0.15, 0.2) is 5.78 Å². The Balaban J connectivity index is 1.61. The number of hydrogen-bond acceptors (Lipinski definition) is 5. The summed E-state index contributed by atoms with van der Waals surface area (Å²) in [6.45, 7) is 7.20. The minimum atomic E-state index is -0.442. The van der Waals surface area contributed by atoms with Crippen molar-refractivity contribution in [2.75, 3.05) is 5.32 Å². The van der Waals surface area contributed by atoms with Gasteiger partial charge in [0.25, 0.3) is 0 Å². The molecule has 0 fully saturated rings. The number of furan rings is 1. The highest BCUT2D eigenvalue weighted by Gasteiger charge is 2.18. The molecule has 0 aliphatic carbocycles. The summed E-state index contributed by atoms with van der Waals surface area (Å²) in [7, 11) is 0. The molecule has 31 heavy (non-hydrogen) atoms. The molecule has 1 N–H and O–H groups in total. The predicted octanol–water partition coefficient (Wildman–Crippen LogP) is 5.24. The van der Waals surface area contributed by atoms with Crippen LogP contribution in [-0.2, 0) is 11.2 Å². The van der Waals surface area contributed by atoms with Crippen LogP contribution in [0.15, 0.2) is 50.2 Å².